The summed E-state index contributed by atoms with van der Waals surface area (Å²) in [6.07, 6.45) is 4.97. The predicted molar refractivity (Wildman–Crippen MR) is 177 cm³/mol. The summed E-state index contributed by atoms with van der Waals surface area (Å²) in [5.74, 6) is 0.525. The third-order valence-corrected chi connectivity index (χ3v) is 9.29. The van der Waals surface area contributed by atoms with Gasteiger partial charge in [0, 0.05) is 63.7 Å². The van der Waals surface area contributed by atoms with Crippen molar-refractivity contribution in [3.63, 3.8) is 0 Å². The molecule has 44 heavy (non-hydrogen) atoms. The third-order valence-electron chi connectivity index (χ3n) is 7.86. The van der Waals surface area contributed by atoms with Gasteiger partial charge in [-0.15, -0.1) is 11.8 Å². The summed E-state index contributed by atoms with van der Waals surface area (Å²) in [7, 11) is 1.61. The monoisotopic (exact) mass is 609 g/mol. The summed E-state index contributed by atoms with van der Waals surface area (Å²) >= 11 is 1.81. The Kier molecular flexibility index (Phi) is 9.59. The number of carboxylic acids is 1. The molecule has 0 saturated heterocycles. The zero-order valence-corrected chi connectivity index (χ0v) is 26.7. The van der Waals surface area contributed by atoms with Gasteiger partial charge in [-0.3, -0.25) is 9.78 Å². The van der Waals surface area contributed by atoms with E-state index in [9.17, 15) is 9.90 Å². The van der Waals surface area contributed by atoms with Gasteiger partial charge in [0.05, 0.1) is 18.2 Å². The van der Waals surface area contributed by atoms with Gasteiger partial charge < -0.3 is 19.1 Å². The van der Waals surface area contributed by atoms with Crippen molar-refractivity contribution in [2.75, 3.05) is 7.11 Å². The molecule has 0 bridgehead atoms. The summed E-state index contributed by atoms with van der Waals surface area (Å²) in [6, 6.07) is 24.3. The minimum Gasteiger partial charge on any atom is -0.487 e. The van der Waals surface area contributed by atoms with E-state index in [0.29, 0.717) is 30.7 Å². The van der Waals surface area contributed by atoms with Crippen LogP contribution in [0.2, 0.25) is 0 Å². The van der Waals surface area contributed by atoms with E-state index in [1.54, 1.807) is 27.2 Å². The van der Waals surface area contributed by atoms with Crippen LogP contribution >= 0.6 is 11.8 Å². The first-order valence-electron chi connectivity index (χ1n) is 14.9. The van der Waals surface area contributed by atoms with Crippen molar-refractivity contribution in [2.45, 2.75) is 63.8 Å². The topological polar surface area (TPSA) is 86.5 Å². The molecule has 8 heteroatoms. The summed E-state index contributed by atoms with van der Waals surface area (Å²) < 4.78 is 13.7. The molecule has 0 amide bonds. The normalized spacial score (nSPS) is 12.3. The van der Waals surface area contributed by atoms with Gasteiger partial charge in [0.15, 0.2) is 0 Å². The van der Waals surface area contributed by atoms with Gasteiger partial charge in [0.25, 0.3) is 0 Å². The lowest BCUT2D eigenvalue weighted by Gasteiger charge is -2.22. The maximum atomic E-state index is 12.3. The number of carboxylic acid groups (broad SMARTS) is 1. The van der Waals surface area contributed by atoms with Crippen LogP contribution < -0.4 is 9.47 Å². The Morgan fingerprint density at radius 1 is 1.02 bits per heavy atom. The van der Waals surface area contributed by atoms with Gasteiger partial charge >= 0.3 is 5.97 Å². The highest BCUT2D eigenvalue weighted by molar-refractivity contribution is 8.00. The lowest BCUT2D eigenvalue weighted by Crippen LogP contribution is -2.27. The third kappa shape index (κ3) is 7.08. The Bertz CT molecular complexity index is 1720. The molecule has 0 radical (unpaired) electrons. The summed E-state index contributed by atoms with van der Waals surface area (Å²) in [6.45, 7) is 8.98. The molecular weight excluding hydrogens is 570 g/mol. The first-order valence-corrected chi connectivity index (χ1v) is 15.7. The Balaban J connectivity index is 1.56. The number of fused-ring (bicyclic) bond motifs is 1. The van der Waals surface area contributed by atoms with E-state index < -0.39 is 11.4 Å². The molecule has 1 N–H and O–H groups in total. The maximum absolute atomic E-state index is 12.3. The molecule has 0 aliphatic carbocycles. The highest BCUT2D eigenvalue weighted by atomic mass is 32.2. The quantitative estimate of drug-likeness (QED) is 0.134. The minimum atomic E-state index is -0.944. The molecular formula is C36H39N3O4S. The molecule has 0 saturated carbocycles. The number of hydrogen-bond acceptors (Lipinski definition) is 6. The number of pyridine rings is 2. The number of rotatable bonds is 13. The Hall–Kier alpha value is -4.30. The number of methoxy groups -OCH3 is 1. The number of ether oxygens (including phenoxy) is 2. The largest absolute Gasteiger partial charge is 0.487 e. The fourth-order valence-corrected chi connectivity index (χ4v) is 6.19. The SMILES string of the molecule is CCC(C)Sc1c(CC(C)(C)C(=O)O)n(Cc2ccc(-c3ccc(OC)nc3)cc2)c2ccc(OCc3ccccn3)cc12. The number of aromatic nitrogens is 3. The molecule has 0 aliphatic heterocycles. The van der Waals surface area contributed by atoms with Crippen molar-refractivity contribution >= 4 is 28.6 Å². The number of nitrogens with zero attached hydrogens (tertiary/aromatic N) is 3. The summed E-state index contributed by atoms with van der Waals surface area (Å²) in [5, 5.41) is 11.5. The van der Waals surface area contributed by atoms with Gasteiger partial charge in [-0.25, -0.2) is 4.98 Å². The molecule has 1 unspecified atom stereocenters. The highest BCUT2D eigenvalue weighted by Crippen LogP contribution is 2.42. The van der Waals surface area contributed by atoms with Crippen LogP contribution in [0.5, 0.6) is 11.6 Å². The van der Waals surface area contributed by atoms with Crippen LogP contribution in [-0.2, 0) is 24.4 Å². The zero-order valence-electron chi connectivity index (χ0n) is 25.9. The fraction of sp³-hybridized carbons (Fsp3) is 0.306. The lowest BCUT2D eigenvalue weighted by molar-refractivity contribution is -0.146. The van der Waals surface area contributed by atoms with Crippen LogP contribution in [0, 0.1) is 5.41 Å². The van der Waals surface area contributed by atoms with Crippen molar-refractivity contribution in [3.8, 4) is 22.8 Å². The van der Waals surface area contributed by atoms with Crippen LogP contribution in [-0.4, -0.2) is 38.0 Å². The second-order valence-electron chi connectivity index (χ2n) is 11.6. The highest BCUT2D eigenvalue weighted by Gasteiger charge is 2.32. The molecule has 0 spiro atoms. The van der Waals surface area contributed by atoms with E-state index in [-0.39, 0.29) is 0 Å². The predicted octanol–water partition coefficient (Wildman–Crippen LogP) is 8.28. The molecule has 3 aromatic heterocycles. The first kappa shape index (κ1) is 31.1. The summed E-state index contributed by atoms with van der Waals surface area (Å²) in [4.78, 5) is 22.2. The Labute approximate surface area is 263 Å². The van der Waals surface area contributed by atoms with Crippen LogP contribution in [0.15, 0.2) is 90.1 Å². The molecule has 1 atom stereocenters. The van der Waals surface area contributed by atoms with Gasteiger partial charge in [-0.1, -0.05) is 44.2 Å². The fourth-order valence-electron chi connectivity index (χ4n) is 5.01. The lowest BCUT2D eigenvalue weighted by atomic mass is 9.88. The van der Waals surface area contributed by atoms with Crippen LogP contribution in [0.3, 0.4) is 0 Å². The summed E-state index contributed by atoms with van der Waals surface area (Å²) in [5.41, 5.74) is 5.20. The van der Waals surface area contributed by atoms with Crippen LogP contribution in [0.25, 0.3) is 22.0 Å². The second-order valence-corrected chi connectivity index (χ2v) is 13.1. The average molecular weight is 610 g/mol. The van der Waals surface area contributed by atoms with Crippen molar-refractivity contribution in [2.24, 2.45) is 5.41 Å². The van der Waals surface area contributed by atoms with Gasteiger partial charge in [0.2, 0.25) is 5.88 Å². The Morgan fingerprint density at radius 2 is 1.80 bits per heavy atom. The van der Waals surface area contributed by atoms with E-state index in [0.717, 1.165) is 56.0 Å². The number of benzene rings is 2. The van der Waals surface area contributed by atoms with Crippen LogP contribution in [0.4, 0.5) is 0 Å². The first-order chi connectivity index (χ1) is 21.2. The molecule has 228 valence electrons. The zero-order chi connectivity index (χ0) is 31.3. The molecule has 2 aromatic carbocycles. The molecule has 5 rings (SSSR count). The maximum Gasteiger partial charge on any atom is 0.309 e. The number of carbonyl (C=O) groups is 1. The smallest absolute Gasteiger partial charge is 0.309 e. The van der Waals surface area contributed by atoms with Gasteiger partial charge in [-0.05, 0) is 67.8 Å². The number of hydrogen-bond donors (Lipinski definition) is 1. The number of thioether (sulfide) groups is 1. The van der Waals surface area contributed by atoms with E-state index in [1.807, 2.05) is 54.4 Å². The molecule has 3 heterocycles. The van der Waals surface area contributed by atoms with E-state index in [2.05, 4.69) is 64.8 Å². The Morgan fingerprint density at radius 3 is 2.43 bits per heavy atom. The molecule has 5 aromatic rings. The minimum absolute atomic E-state index is 0.358. The average Bonchev–Trinajstić information content (AvgIpc) is 3.30. The molecule has 7 nitrogen and oxygen atoms in total. The van der Waals surface area contributed by atoms with Crippen molar-refractivity contribution in [1.29, 1.82) is 0 Å². The van der Waals surface area contributed by atoms with E-state index in [4.69, 9.17) is 9.47 Å². The van der Waals surface area contributed by atoms with Crippen molar-refractivity contribution < 1.29 is 19.4 Å². The second kappa shape index (κ2) is 13.6. The van der Waals surface area contributed by atoms with Gasteiger partial charge in [0.1, 0.15) is 12.4 Å². The number of aliphatic carboxylic acids is 1. The van der Waals surface area contributed by atoms with E-state index in [1.165, 1.54) is 0 Å². The van der Waals surface area contributed by atoms with Crippen LogP contribution in [0.1, 0.15) is 51.1 Å². The van der Waals surface area contributed by atoms with E-state index >= 15 is 0 Å². The van der Waals surface area contributed by atoms with Gasteiger partial charge in [-0.2, -0.15) is 0 Å². The van der Waals surface area contributed by atoms with Crippen molar-refractivity contribution in [1.82, 2.24) is 14.5 Å². The van der Waals surface area contributed by atoms with Crippen molar-refractivity contribution in [3.05, 3.63) is 102 Å². The standard InChI is InChI=1S/C36H39N3O4S/c1-6-24(2)44-34-30-19-29(43-23-28-9-7-8-18-37-28)15-16-31(30)39(32(34)20-36(3,4)35(40)41)22-25-10-12-26(13-11-25)27-14-17-33(42-5)38-21-27/h7-19,21,24H,6,20,22-23H2,1-5H3,(H,40,41). The molecule has 0 aliphatic rings. The molecule has 0 fully saturated rings.